The molecule has 2 atom stereocenters. The molecule has 4 heteroatoms. The van der Waals surface area contributed by atoms with Crippen LogP contribution in [0.1, 0.15) is 18.5 Å². The second-order valence-electron chi connectivity index (χ2n) is 3.05. The van der Waals surface area contributed by atoms with E-state index >= 15 is 0 Å². The number of nitrogen functional groups attached to an aromatic ring is 1. The van der Waals surface area contributed by atoms with Gasteiger partial charge in [0.2, 0.25) is 0 Å². The average Bonchev–Trinajstić information content (AvgIpc) is 2.03. The number of nitrogens with two attached hydrogens (primary N) is 2. The lowest BCUT2D eigenvalue weighted by Crippen LogP contribution is -2.23. The normalized spacial score (nSPS) is 15.4. The molecule has 0 spiro atoms. The summed E-state index contributed by atoms with van der Waals surface area (Å²) in [6, 6.07) is 4.60. The van der Waals surface area contributed by atoms with E-state index in [4.69, 9.17) is 23.1 Å². The SMILES string of the molecule is CC(O)[C@@H](N)c1ccc(N)cc1Cl. The maximum Gasteiger partial charge on any atom is 0.0705 e. The van der Waals surface area contributed by atoms with Gasteiger partial charge in [-0.1, -0.05) is 17.7 Å². The smallest absolute Gasteiger partial charge is 0.0705 e. The van der Waals surface area contributed by atoms with Gasteiger partial charge in [0, 0.05) is 10.7 Å². The van der Waals surface area contributed by atoms with Crippen molar-refractivity contribution in [1.29, 1.82) is 0 Å². The molecule has 0 aliphatic rings. The topological polar surface area (TPSA) is 72.3 Å². The van der Waals surface area contributed by atoms with Crippen molar-refractivity contribution >= 4 is 17.3 Å². The number of halogens is 1. The first-order chi connectivity index (χ1) is 6.02. The van der Waals surface area contributed by atoms with Crippen molar-refractivity contribution in [2.75, 3.05) is 5.73 Å². The van der Waals surface area contributed by atoms with Gasteiger partial charge in [0.05, 0.1) is 12.1 Å². The first kappa shape index (κ1) is 10.3. The van der Waals surface area contributed by atoms with Crippen LogP contribution in [0.5, 0.6) is 0 Å². The van der Waals surface area contributed by atoms with Gasteiger partial charge in [-0.05, 0) is 24.6 Å². The zero-order valence-corrected chi connectivity index (χ0v) is 8.12. The number of hydrogen-bond acceptors (Lipinski definition) is 3. The van der Waals surface area contributed by atoms with E-state index in [0.717, 1.165) is 0 Å². The van der Waals surface area contributed by atoms with E-state index in [9.17, 15) is 5.11 Å². The molecule has 0 aliphatic heterocycles. The summed E-state index contributed by atoms with van der Waals surface area (Å²) in [6.07, 6.45) is -0.624. The number of aliphatic hydroxyl groups is 1. The Hall–Kier alpha value is -0.770. The van der Waals surface area contributed by atoms with Gasteiger partial charge in [-0.2, -0.15) is 0 Å². The lowest BCUT2D eigenvalue weighted by atomic mass is 10.0. The third-order valence-corrected chi connectivity index (χ3v) is 2.23. The Bertz CT molecular complexity index is 302. The van der Waals surface area contributed by atoms with Gasteiger partial charge in [-0.15, -0.1) is 0 Å². The van der Waals surface area contributed by atoms with E-state index in [2.05, 4.69) is 0 Å². The van der Waals surface area contributed by atoms with Crippen LogP contribution in [0.3, 0.4) is 0 Å². The van der Waals surface area contributed by atoms with Crippen LogP contribution in [0.2, 0.25) is 5.02 Å². The van der Waals surface area contributed by atoms with Crippen LogP contribution in [-0.4, -0.2) is 11.2 Å². The van der Waals surface area contributed by atoms with Crippen molar-refractivity contribution in [3.8, 4) is 0 Å². The number of benzene rings is 1. The summed E-state index contributed by atoms with van der Waals surface area (Å²) in [4.78, 5) is 0. The fourth-order valence-corrected chi connectivity index (χ4v) is 1.39. The Morgan fingerprint density at radius 2 is 2.08 bits per heavy atom. The predicted octanol–water partition coefficient (Wildman–Crippen LogP) is 1.30. The molecule has 3 nitrogen and oxygen atoms in total. The van der Waals surface area contributed by atoms with E-state index in [1.807, 2.05) is 0 Å². The quantitative estimate of drug-likeness (QED) is 0.631. The molecule has 1 aromatic carbocycles. The summed E-state index contributed by atoms with van der Waals surface area (Å²) in [5.74, 6) is 0. The molecule has 0 amide bonds. The molecule has 1 rings (SSSR count). The minimum absolute atomic E-state index is 0.465. The largest absolute Gasteiger partial charge is 0.399 e. The molecule has 1 aromatic rings. The lowest BCUT2D eigenvalue weighted by Gasteiger charge is -2.16. The monoisotopic (exact) mass is 200 g/mol. The third-order valence-electron chi connectivity index (χ3n) is 1.90. The molecular formula is C9H13ClN2O. The number of aliphatic hydroxyl groups excluding tert-OH is 1. The Morgan fingerprint density at radius 3 is 2.54 bits per heavy atom. The van der Waals surface area contributed by atoms with Crippen LogP contribution in [-0.2, 0) is 0 Å². The van der Waals surface area contributed by atoms with Gasteiger partial charge in [0.1, 0.15) is 0 Å². The molecule has 0 radical (unpaired) electrons. The summed E-state index contributed by atoms with van der Waals surface area (Å²) < 4.78 is 0. The highest BCUT2D eigenvalue weighted by molar-refractivity contribution is 6.31. The standard InChI is InChI=1S/C9H13ClN2O/c1-5(13)9(12)7-3-2-6(11)4-8(7)10/h2-5,9,13H,11-12H2,1H3/t5?,9-/m1/s1. The highest BCUT2D eigenvalue weighted by Gasteiger charge is 2.14. The number of rotatable bonds is 2. The van der Waals surface area contributed by atoms with Crippen molar-refractivity contribution in [3.63, 3.8) is 0 Å². The van der Waals surface area contributed by atoms with E-state index in [-0.39, 0.29) is 0 Å². The molecule has 72 valence electrons. The zero-order chi connectivity index (χ0) is 10.0. The first-order valence-corrected chi connectivity index (χ1v) is 4.38. The molecule has 5 N–H and O–H groups in total. The summed E-state index contributed by atoms with van der Waals surface area (Å²) >= 11 is 5.90. The lowest BCUT2D eigenvalue weighted by molar-refractivity contribution is 0.164. The summed E-state index contributed by atoms with van der Waals surface area (Å²) in [7, 11) is 0. The van der Waals surface area contributed by atoms with Crippen molar-refractivity contribution in [2.24, 2.45) is 5.73 Å². The van der Waals surface area contributed by atoms with E-state index < -0.39 is 12.1 Å². The van der Waals surface area contributed by atoms with Gasteiger partial charge in [-0.25, -0.2) is 0 Å². The van der Waals surface area contributed by atoms with Crippen molar-refractivity contribution in [1.82, 2.24) is 0 Å². The van der Waals surface area contributed by atoms with E-state index in [1.165, 1.54) is 0 Å². The van der Waals surface area contributed by atoms with Crippen LogP contribution in [0.15, 0.2) is 18.2 Å². The molecule has 1 unspecified atom stereocenters. The second kappa shape index (κ2) is 3.96. The minimum Gasteiger partial charge on any atom is -0.399 e. The molecule has 0 fully saturated rings. The molecule has 0 aliphatic carbocycles. The summed E-state index contributed by atoms with van der Waals surface area (Å²) in [5.41, 5.74) is 12.5. The fraction of sp³-hybridized carbons (Fsp3) is 0.333. The molecular weight excluding hydrogens is 188 g/mol. The molecule has 0 aromatic heterocycles. The maximum atomic E-state index is 9.25. The van der Waals surface area contributed by atoms with E-state index in [1.54, 1.807) is 25.1 Å². The highest BCUT2D eigenvalue weighted by atomic mass is 35.5. The van der Waals surface area contributed by atoms with Crippen LogP contribution >= 0.6 is 11.6 Å². The van der Waals surface area contributed by atoms with Crippen LogP contribution < -0.4 is 11.5 Å². The van der Waals surface area contributed by atoms with Gasteiger partial charge in [0.25, 0.3) is 0 Å². The van der Waals surface area contributed by atoms with Crippen molar-refractivity contribution in [3.05, 3.63) is 28.8 Å². The van der Waals surface area contributed by atoms with Crippen LogP contribution in [0.25, 0.3) is 0 Å². The number of hydrogen-bond donors (Lipinski definition) is 3. The zero-order valence-electron chi connectivity index (χ0n) is 7.37. The summed E-state index contributed by atoms with van der Waals surface area (Å²) in [5, 5.41) is 9.75. The Balaban J connectivity index is 3.01. The van der Waals surface area contributed by atoms with E-state index in [0.29, 0.717) is 16.3 Å². The molecule has 0 heterocycles. The highest BCUT2D eigenvalue weighted by Crippen LogP contribution is 2.25. The summed E-state index contributed by atoms with van der Waals surface area (Å²) in [6.45, 7) is 1.62. The molecule has 0 bridgehead atoms. The maximum absolute atomic E-state index is 9.25. The number of anilines is 1. The Morgan fingerprint density at radius 1 is 1.46 bits per heavy atom. The van der Waals surface area contributed by atoms with Gasteiger partial charge in [0.15, 0.2) is 0 Å². The third kappa shape index (κ3) is 2.34. The van der Waals surface area contributed by atoms with Crippen molar-refractivity contribution < 1.29 is 5.11 Å². The predicted molar refractivity (Wildman–Crippen MR) is 54.5 cm³/mol. The van der Waals surface area contributed by atoms with Gasteiger partial charge < -0.3 is 16.6 Å². The average molecular weight is 201 g/mol. The van der Waals surface area contributed by atoms with Crippen LogP contribution in [0, 0.1) is 0 Å². The van der Waals surface area contributed by atoms with Crippen LogP contribution in [0.4, 0.5) is 5.69 Å². The second-order valence-corrected chi connectivity index (χ2v) is 3.45. The minimum atomic E-state index is -0.624. The van der Waals surface area contributed by atoms with Gasteiger partial charge >= 0.3 is 0 Å². The molecule has 0 saturated carbocycles. The first-order valence-electron chi connectivity index (χ1n) is 4.01. The fourth-order valence-electron chi connectivity index (χ4n) is 1.07. The van der Waals surface area contributed by atoms with Crippen molar-refractivity contribution in [2.45, 2.75) is 19.1 Å². The Labute approximate surface area is 82.3 Å². The van der Waals surface area contributed by atoms with Gasteiger partial charge in [-0.3, -0.25) is 0 Å². The Kier molecular flexibility index (Phi) is 3.14. The molecule has 0 saturated heterocycles. The molecule has 13 heavy (non-hydrogen) atoms.